The molecule has 0 amide bonds. The Hall–Kier alpha value is -1.06. The predicted molar refractivity (Wildman–Crippen MR) is 76.1 cm³/mol. The van der Waals surface area contributed by atoms with Gasteiger partial charge in [0.05, 0.1) is 6.61 Å². The molecule has 1 heterocycles. The highest BCUT2D eigenvalue weighted by atomic mass is 16.5. The van der Waals surface area contributed by atoms with Crippen molar-refractivity contribution in [2.24, 2.45) is 5.73 Å². The summed E-state index contributed by atoms with van der Waals surface area (Å²) < 4.78 is 5.52. The molecule has 1 unspecified atom stereocenters. The van der Waals surface area contributed by atoms with Gasteiger partial charge >= 0.3 is 0 Å². The maximum Gasteiger partial charge on any atom is 0.0641 e. The quantitative estimate of drug-likeness (QED) is 0.887. The lowest BCUT2D eigenvalue weighted by molar-refractivity contribution is 0.152. The summed E-state index contributed by atoms with van der Waals surface area (Å²) in [4.78, 5) is 2.44. The van der Waals surface area contributed by atoms with Crippen LogP contribution in [0.5, 0.6) is 0 Å². The molecule has 0 bridgehead atoms. The monoisotopic (exact) mass is 248 g/mol. The fourth-order valence-corrected chi connectivity index (χ4v) is 2.41. The Balaban J connectivity index is 2.14. The van der Waals surface area contributed by atoms with Crippen LogP contribution in [-0.2, 0) is 11.2 Å². The molecule has 0 radical (unpaired) electrons. The third-order valence-electron chi connectivity index (χ3n) is 3.56. The van der Waals surface area contributed by atoms with Crippen LogP contribution in [0.1, 0.15) is 25.3 Å². The molecule has 0 aromatic heterocycles. The molecule has 1 saturated heterocycles. The topological polar surface area (TPSA) is 38.5 Å². The second-order valence-electron chi connectivity index (χ2n) is 4.95. The van der Waals surface area contributed by atoms with Crippen LogP contribution in [0.25, 0.3) is 0 Å². The minimum absolute atomic E-state index is 0.259. The molecule has 0 aliphatic carbocycles. The Bertz CT molecular complexity index is 359. The maximum absolute atomic E-state index is 6.09. The molecule has 1 aromatic rings. The van der Waals surface area contributed by atoms with Crippen molar-refractivity contribution in [3.8, 4) is 0 Å². The first-order valence-corrected chi connectivity index (χ1v) is 6.97. The molecule has 0 saturated carbocycles. The molecule has 3 heteroatoms. The average molecular weight is 248 g/mol. The zero-order valence-corrected chi connectivity index (χ0v) is 11.3. The van der Waals surface area contributed by atoms with Crippen LogP contribution >= 0.6 is 0 Å². The Morgan fingerprint density at radius 3 is 2.94 bits per heavy atom. The van der Waals surface area contributed by atoms with Gasteiger partial charge in [-0.25, -0.2) is 0 Å². The molecular weight excluding hydrogens is 224 g/mol. The standard InChI is InChI=1S/C15H24N2O/c1-2-14(16)12-13-6-3-4-7-15(13)17-8-5-10-18-11-9-17/h3-4,6-7,14H,2,5,8-12,16H2,1H3. The van der Waals surface area contributed by atoms with Crippen LogP contribution in [0.2, 0.25) is 0 Å². The van der Waals surface area contributed by atoms with E-state index < -0.39 is 0 Å². The molecule has 2 rings (SSSR count). The summed E-state index contributed by atoms with van der Waals surface area (Å²) in [7, 11) is 0. The van der Waals surface area contributed by atoms with Crippen LogP contribution in [0.15, 0.2) is 24.3 Å². The van der Waals surface area contributed by atoms with Gasteiger partial charge in [0.25, 0.3) is 0 Å². The first kappa shape index (κ1) is 13.4. The van der Waals surface area contributed by atoms with Gasteiger partial charge in [0.2, 0.25) is 0 Å². The van der Waals surface area contributed by atoms with Gasteiger partial charge in [0.1, 0.15) is 0 Å². The largest absolute Gasteiger partial charge is 0.380 e. The van der Waals surface area contributed by atoms with Gasteiger partial charge in [-0.2, -0.15) is 0 Å². The number of anilines is 1. The van der Waals surface area contributed by atoms with E-state index in [1.54, 1.807) is 0 Å². The summed E-state index contributed by atoms with van der Waals surface area (Å²) in [6.45, 7) is 5.92. The smallest absolute Gasteiger partial charge is 0.0641 e. The molecule has 100 valence electrons. The van der Waals surface area contributed by atoms with E-state index in [0.717, 1.165) is 45.6 Å². The van der Waals surface area contributed by atoms with Crippen molar-refractivity contribution in [3.05, 3.63) is 29.8 Å². The van der Waals surface area contributed by atoms with E-state index in [9.17, 15) is 0 Å². The summed E-state index contributed by atoms with van der Waals surface area (Å²) in [5.41, 5.74) is 8.80. The summed E-state index contributed by atoms with van der Waals surface area (Å²) in [5, 5.41) is 0. The molecule has 1 aromatic carbocycles. The highest BCUT2D eigenvalue weighted by molar-refractivity contribution is 5.54. The third kappa shape index (κ3) is 3.47. The first-order chi connectivity index (χ1) is 8.81. The van der Waals surface area contributed by atoms with Crippen molar-refractivity contribution < 1.29 is 4.74 Å². The SMILES string of the molecule is CCC(N)Cc1ccccc1N1CCCOCC1. The molecular formula is C15H24N2O. The van der Waals surface area contributed by atoms with Crippen LogP contribution in [-0.4, -0.2) is 32.3 Å². The van der Waals surface area contributed by atoms with Gasteiger partial charge in [-0.05, 0) is 30.9 Å². The zero-order chi connectivity index (χ0) is 12.8. The number of para-hydroxylation sites is 1. The van der Waals surface area contributed by atoms with E-state index in [2.05, 4.69) is 36.1 Å². The molecule has 1 aliphatic rings. The highest BCUT2D eigenvalue weighted by Gasteiger charge is 2.14. The van der Waals surface area contributed by atoms with Gasteiger partial charge < -0.3 is 15.4 Å². The molecule has 2 N–H and O–H groups in total. The van der Waals surface area contributed by atoms with Gasteiger partial charge in [0.15, 0.2) is 0 Å². The van der Waals surface area contributed by atoms with Crippen molar-refractivity contribution in [1.82, 2.24) is 0 Å². The van der Waals surface area contributed by atoms with Crippen LogP contribution in [0.4, 0.5) is 5.69 Å². The van der Waals surface area contributed by atoms with E-state index in [1.807, 2.05) is 0 Å². The van der Waals surface area contributed by atoms with E-state index in [1.165, 1.54) is 11.3 Å². The van der Waals surface area contributed by atoms with E-state index in [0.29, 0.717) is 0 Å². The number of hydrogen-bond donors (Lipinski definition) is 1. The van der Waals surface area contributed by atoms with Crippen molar-refractivity contribution in [1.29, 1.82) is 0 Å². The maximum atomic E-state index is 6.09. The van der Waals surface area contributed by atoms with Gasteiger partial charge in [0, 0.05) is 31.4 Å². The molecule has 1 aliphatic heterocycles. The molecule has 1 atom stereocenters. The zero-order valence-electron chi connectivity index (χ0n) is 11.3. The summed E-state index contributed by atoms with van der Waals surface area (Å²) in [6, 6.07) is 8.89. The number of rotatable bonds is 4. The van der Waals surface area contributed by atoms with E-state index in [4.69, 9.17) is 10.5 Å². The Morgan fingerprint density at radius 1 is 1.28 bits per heavy atom. The lowest BCUT2D eigenvalue weighted by Crippen LogP contribution is -2.28. The second kappa shape index (κ2) is 6.76. The van der Waals surface area contributed by atoms with Gasteiger partial charge in [-0.1, -0.05) is 25.1 Å². The van der Waals surface area contributed by atoms with Crippen molar-refractivity contribution in [3.63, 3.8) is 0 Å². The van der Waals surface area contributed by atoms with Gasteiger partial charge in [-0.3, -0.25) is 0 Å². The fraction of sp³-hybridized carbons (Fsp3) is 0.600. The molecule has 18 heavy (non-hydrogen) atoms. The molecule has 3 nitrogen and oxygen atoms in total. The lowest BCUT2D eigenvalue weighted by Gasteiger charge is -2.25. The van der Waals surface area contributed by atoms with Crippen molar-refractivity contribution >= 4 is 5.69 Å². The van der Waals surface area contributed by atoms with E-state index >= 15 is 0 Å². The Kier molecular flexibility index (Phi) is 5.02. The third-order valence-corrected chi connectivity index (χ3v) is 3.56. The minimum Gasteiger partial charge on any atom is -0.380 e. The molecule has 1 fully saturated rings. The summed E-state index contributed by atoms with van der Waals surface area (Å²) in [5.74, 6) is 0. The van der Waals surface area contributed by atoms with Crippen LogP contribution in [0.3, 0.4) is 0 Å². The molecule has 0 spiro atoms. The Labute approximate surface area is 110 Å². The summed E-state index contributed by atoms with van der Waals surface area (Å²) >= 11 is 0. The highest BCUT2D eigenvalue weighted by Crippen LogP contribution is 2.23. The predicted octanol–water partition coefficient (Wildman–Crippen LogP) is 2.19. The number of hydrogen-bond acceptors (Lipinski definition) is 3. The summed E-state index contributed by atoms with van der Waals surface area (Å²) in [6.07, 6.45) is 3.09. The van der Waals surface area contributed by atoms with Crippen molar-refractivity contribution in [2.75, 3.05) is 31.2 Å². The number of nitrogens with two attached hydrogens (primary N) is 1. The number of benzene rings is 1. The number of nitrogens with zero attached hydrogens (tertiary/aromatic N) is 1. The fourth-order valence-electron chi connectivity index (χ4n) is 2.41. The Morgan fingerprint density at radius 2 is 2.11 bits per heavy atom. The normalized spacial score (nSPS) is 18.4. The van der Waals surface area contributed by atoms with Crippen molar-refractivity contribution in [2.45, 2.75) is 32.2 Å². The lowest BCUT2D eigenvalue weighted by atomic mass is 10.0. The number of ether oxygens (including phenoxy) is 1. The van der Waals surface area contributed by atoms with E-state index in [-0.39, 0.29) is 6.04 Å². The van der Waals surface area contributed by atoms with Gasteiger partial charge in [-0.15, -0.1) is 0 Å². The van der Waals surface area contributed by atoms with Crippen LogP contribution in [0, 0.1) is 0 Å². The average Bonchev–Trinajstić information content (AvgIpc) is 2.68. The van der Waals surface area contributed by atoms with Crippen LogP contribution < -0.4 is 10.6 Å². The second-order valence-corrected chi connectivity index (χ2v) is 4.95. The first-order valence-electron chi connectivity index (χ1n) is 6.97. The minimum atomic E-state index is 0.259.